The van der Waals surface area contributed by atoms with Crippen molar-refractivity contribution in [2.45, 2.75) is 45.1 Å². The van der Waals surface area contributed by atoms with Gasteiger partial charge in [-0.05, 0) is 49.9 Å². The number of piperidine rings is 1. The Morgan fingerprint density at radius 1 is 1.26 bits per heavy atom. The summed E-state index contributed by atoms with van der Waals surface area (Å²) in [6.07, 6.45) is 4.50. The van der Waals surface area contributed by atoms with E-state index in [4.69, 9.17) is 0 Å². The van der Waals surface area contributed by atoms with E-state index in [0.717, 1.165) is 25.8 Å². The van der Waals surface area contributed by atoms with Crippen LogP contribution < -0.4 is 4.90 Å². The van der Waals surface area contributed by atoms with Crippen molar-refractivity contribution < 1.29 is 14.0 Å². The van der Waals surface area contributed by atoms with E-state index in [2.05, 4.69) is 6.92 Å². The predicted molar refractivity (Wildman–Crippen MR) is 86.5 cm³/mol. The smallest absolute Gasteiger partial charge is 0.228 e. The predicted octanol–water partition coefficient (Wildman–Crippen LogP) is 2.97. The van der Waals surface area contributed by atoms with Gasteiger partial charge in [-0.25, -0.2) is 4.39 Å². The lowest BCUT2D eigenvalue weighted by Crippen LogP contribution is -2.46. The van der Waals surface area contributed by atoms with Gasteiger partial charge < -0.3 is 9.80 Å². The van der Waals surface area contributed by atoms with Gasteiger partial charge in [0.05, 0.1) is 5.92 Å². The van der Waals surface area contributed by atoms with Crippen molar-refractivity contribution >= 4 is 17.5 Å². The molecule has 4 nitrogen and oxygen atoms in total. The highest BCUT2D eigenvalue weighted by molar-refractivity contribution is 6.00. The normalized spacial score (nSPS) is 25.0. The number of anilines is 1. The van der Waals surface area contributed by atoms with E-state index in [1.165, 1.54) is 18.6 Å². The summed E-state index contributed by atoms with van der Waals surface area (Å²) < 4.78 is 13.0. The standard InChI is InChI=1S/C18H23FN2O2/c1-2-15-5-3-4-10-20(15)18(23)13-11-17(22)21(12-13)16-8-6-14(19)7-9-16/h6-9,13,15H,2-5,10-12H2,1H3/t13-,15-/m1/s1. The highest BCUT2D eigenvalue weighted by Crippen LogP contribution is 2.29. The van der Waals surface area contributed by atoms with Gasteiger partial charge in [-0.15, -0.1) is 0 Å². The summed E-state index contributed by atoms with van der Waals surface area (Å²) in [5.74, 6) is -0.554. The first-order valence-corrected chi connectivity index (χ1v) is 8.46. The van der Waals surface area contributed by atoms with Crippen molar-refractivity contribution in [3.8, 4) is 0 Å². The van der Waals surface area contributed by atoms with Gasteiger partial charge in [0.2, 0.25) is 11.8 Å². The molecule has 0 N–H and O–H groups in total. The summed E-state index contributed by atoms with van der Waals surface area (Å²) in [6.45, 7) is 3.32. The minimum atomic E-state index is -0.327. The number of rotatable bonds is 3. The molecule has 2 amide bonds. The number of amides is 2. The van der Waals surface area contributed by atoms with Crippen LogP contribution in [0, 0.1) is 11.7 Å². The first-order chi connectivity index (χ1) is 11.1. The van der Waals surface area contributed by atoms with Gasteiger partial charge in [-0.1, -0.05) is 6.92 Å². The van der Waals surface area contributed by atoms with Crippen LogP contribution in [0.15, 0.2) is 24.3 Å². The first-order valence-electron chi connectivity index (χ1n) is 8.46. The molecule has 1 aromatic rings. The van der Waals surface area contributed by atoms with Crippen molar-refractivity contribution in [1.82, 2.24) is 4.90 Å². The van der Waals surface area contributed by atoms with Crippen molar-refractivity contribution in [2.75, 3.05) is 18.0 Å². The third kappa shape index (κ3) is 3.23. The zero-order valence-electron chi connectivity index (χ0n) is 13.5. The Balaban J connectivity index is 1.71. The van der Waals surface area contributed by atoms with Crippen molar-refractivity contribution in [1.29, 1.82) is 0 Å². The summed E-state index contributed by atoms with van der Waals surface area (Å²) in [5, 5.41) is 0. The summed E-state index contributed by atoms with van der Waals surface area (Å²) in [5.41, 5.74) is 0.664. The highest BCUT2D eigenvalue weighted by atomic mass is 19.1. The van der Waals surface area contributed by atoms with E-state index in [0.29, 0.717) is 18.3 Å². The molecule has 2 atom stereocenters. The molecular formula is C18H23FN2O2. The van der Waals surface area contributed by atoms with Crippen LogP contribution in [-0.2, 0) is 9.59 Å². The average Bonchev–Trinajstić information content (AvgIpc) is 2.96. The number of benzene rings is 1. The minimum absolute atomic E-state index is 0.0555. The second-order valence-electron chi connectivity index (χ2n) is 6.47. The van der Waals surface area contributed by atoms with E-state index in [1.807, 2.05) is 4.90 Å². The maximum atomic E-state index is 13.0. The molecule has 3 rings (SSSR count). The number of halogens is 1. The van der Waals surface area contributed by atoms with E-state index in [9.17, 15) is 14.0 Å². The zero-order chi connectivity index (χ0) is 16.4. The van der Waals surface area contributed by atoms with Crippen LogP contribution in [0.1, 0.15) is 39.0 Å². The van der Waals surface area contributed by atoms with E-state index < -0.39 is 0 Å². The maximum Gasteiger partial charge on any atom is 0.228 e. The van der Waals surface area contributed by atoms with Gasteiger partial charge in [0.15, 0.2) is 0 Å². The molecule has 0 bridgehead atoms. The van der Waals surface area contributed by atoms with Gasteiger partial charge >= 0.3 is 0 Å². The van der Waals surface area contributed by atoms with Crippen molar-refractivity contribution in [2.24, 2.45) is 5.92 Å². The van der Waals surface area contributed by atoms with Crippen LogP contribution in [0.2, 0.25) is 0 Å². The third-order valence-corrected chi connectivity index (χ3v) is 4.99. The summed E-state index contributed by atoms with van der Waals surface area (Å²) in [4.78, 5) is 28.7. The Labute approximate surface area is 136 Å². The molecule has 0 unspecified atom stereocenters. The van der Waals surface area contributed by atoms with Gasteiger partial charge in [-0.2, -0.15) is 0 Å². The SMILES string of the molecule is CC[C@@H]1CCCCN1C(=O)[C@@H]1CC(=O)N(c2ccc(F)cc2)C1. The molecule has 2 fully saturated rings. The van der Waals surface area contributed by atoms with E-state index in [-0.39, 0.29) is 30.0 Å². The Hall–Kier alpha value is -1.91. The number of hydrogen-bond acceptors (Lipinski definition) is 2. The first kappa shape index (κ1) is 16.0. The Morgan fingerprint density at radius 3 is 2.70 bits per heavy atom. The molecule has 2 saturated heterocycles. The second kappa shape index (κ2) is 6.69. The van der Waals surface area contributed by atoms with Gasteiger partial charge in [0.1, 0.15) is 5.82 Å². The quantitative estimate of drug-likeness (QED) is 0.859. The zero-order valence-corrected chi connectivity index (χ0v) is 13.5. The lowest BCUT2D eigenvalue weighted by atomic mass is 9.97. The van der Waals surface area contributed by atoms with Crippen molar-refractivity contribution in [3.63, 3.8) is 0 Å². The summed E-state index contributed by atoms with van der Waals surface area (Å²) >= 11 is 0. The fourth-order valence-corrected chi connectivity index (χ4v) is 3.69. The molecule has 0 radical (unpaired) electrons. The molecule has 0 saturated carbocycles. The molecule has 0 aliphatic carbocycles. The largest absolute Gasteiger partial charge is 0.339 e. The highest BCUT2D eigenvalue weighted by Gasteiger charge is 2.39. The Bertz CT molecular complexity index is 587. The third-order valence-electron chi connectivity index (χ3n) is 4.99. The van der Waals surface area contributed by atoms with Crippen LogP contribution in [0.25, 0.3) is 0 Å². The van der Waals surface area contributed by atoms with Crippen LogP contribution in [0.3, 0.4) is 0 Å². The van der Waals surface area contributed by atoms with E-state index in [1.54, 1.807) is 17.0 Å². The molecule has 23 heavy (non-hydrogen) atoms. The molecule has 1 aromatic carbocycles. The average molecular weight is 318 g/mol. The van der Waals surface area contributed by atoms with Gasteiger partial charge in [-0.3, -0.25) is 9.59 Å². The number of likely N-dealkylation sites (tertiary alicyclic amines) is 1. The molecule has 0 aromatic heterocycles. The molecule has 5 heteroatoms. The number of carbonyl (C=O) groups excluding carboxylic acids is 2. The Morgan fingerprint density at radius 2 is 2.00 bits per heavy atom. The molecule has 0 spiro atoms. The molecule has 2 aliphatic rings. The molecular weight excluding hydrogens is 295 g/mol. The number of hydrogen-bond donors (Lipinski definition) is 0. The van der Waals surface area contributed by atoms with Crippen LogP contribution in [0.4, 0.5) is 10.1 Å². The molecule has 124 valence electrons. The van der Waals surface area contributed by atoms with Crippen molar-refractivity contribution in [3.05, 3.63) is 30.1 Å². The van der Waals surface area contributed by atoms with Crippen LogP contribution in [-0.4, -0.2) is 35.8 Å². The summed E-state index contributed by atoms with van der Waals surface area (Å²) in [7, 11) is 0. The Kier molecular flexibility index (Phi) is 4.64. The molecule has 2 aliphatic heterocycles. The lowest BCUT2D eigenvalue weighted by molar-refractivity contribution is -0.139. The van der Waals surface area contributed by atoms with E-state index >= 15 is 0 Å². The monoisotopic (exact) mass is 318 g/mol. The van der Waals surface area contributed by atoms with Crippen LogP contribution >= 0.6 is 0 Å². The number of nitrogens with zero attached hydrogens (tertiary/aromatic N) is 2. The minimum Gasteiger partial charge on any atom is -0.339 e. The van der Waals surface area contributed by atoms with Crippen LogP contribution in [0.5, 0.6) is 0 Å². The number of carbonyl (C=O) groups is 2. The summed E-state index contributed by atoms with van der Waals surface area (Å²) in [6, 6.07) is 6.18. The van der Waals surface area contributed by atoms with Gasteiger partial charge in [0.25, 0.3) is 0 Å². The topological polar surface area (TPSA) is 40.6 Å². The molecule has 2 heterocycles. The maximum absolute atomic E-state index is 13.0. The fourth-order valence-electron chi connectivity index (χ4n) is 3.69. The fraction of sp³-hybridized carbons (Fsp3) is 0.556. The van der Waals surface area contributed by atoms with Gasteiger partial charge in [0, 0.05) is 31.2 Å². The second-order valence-corrected chi connectivity index (χ2v) is 6.47. The lowest BCUT2D eigenvalue weighted by Gasteiger charge is -2.36.